The minimum Gasteiger partial charge on any atom is -0.478 e. The molecule has 1 aromatic heterocycles. The van der Waals surface area contributed by atoms with Gasteiger partial charge in [0.25, 0.3) is 5.69 Å². The summed E-state index contributed by atoms with van der Waals surface area (Å²) in [5.74, 6) is -1.13. The van der Waals surface area contributed by atoms with Crippen LogP contribution in [0.1, 0.15) is 10.4 Å². The van der Waals surface area contributed by atoms with Crippen molar-refractivity contribution in [1.29, 1.82) is 0 Å². The number of carboxylic acids is 1. The van der Waals surface area contributed by atoms with Gasteiger partial charge < -0.3 is 5.11 Å². The monoisotopic (exact) mass is 276 g/mol. The van der Waals surface area contributed by atoms with Crippen molar-refractivity contribution in [1.82, 2.24) is 4.98 Å². The van der Waals surface area contributed by atoms with E-state index in [4.69, 9.17) is 5.11 Å². The quantitative estimate of drug-likeness (QED) is 0.681. The van der Waals surface area contributed by atoms with E-state index in [1.807, 2.05) is 0 Å². The van der Waals surface area contributed by atoms with Crippen molar-refractivity contribution < 1.29 is 14.8 Å². The summed E-state index contributed by atoms with van der Waals surface area (Å²) in [6.45, 7) is 0. The van der Waals surface area contributed by atoms with Crippen LogP contribution in [0.15, 0.2) is 52.5 Å². The molecule has 0 saturated heterocycles. The first kappa shape index (κ1) is 13.0. The highest BCUT2D eigenvalue weighted by atomic mass is 32.2. The lowest BCUT2D eigenvalue weighted by molar-refractivity contribution is -0.387. The molecule has 0 amide bonds. The largest absolute Gasteiger partial charge is 0.478 e. The summed E-state index contributed by atoms with van der Waals surface area (Å²) in [5, 5.41) is 20.4. The Labute approximate surface area is 112 Å². The number of nitro benzene ring substituents is 1. The summed E-state index contributed by atoms with van der Waals surface area (Å²) in [6.07, 6.45) is 1.56. The molecule has 1 aromatic carbocycles. The molecule has 1 heterocycles. The zero-order valence-corrected chi connectivity index (χ0v) is 10.3. The number of aromatic nitrogens is 1. The number of nitrogens with zero attached hydrogens (tertiary/aromatic N) is 2. The molecule has 0 fully saturated rings. The molecule has 0 aliphatic carbocycles. The summed E-state index contributed by atoms with van der Waals surface area (Å²) in [4.78, 5) is 25.6. The van der Waals surface area contributed by atoms with Crippen molar-refractivity contribution >= 4 is 23.4 Å². The van der Waals surface area contributed by atoms with E-state index in [-0.39, 0.29) is 16.1 Å². The van der Waals surface area contributed by atoms with Crippen LogP contribution < -0.4 is 0 Å². The normalized spacial score (nSPS) is 10.1. The molecule has 0 aliphatic heterocycles. The van der Waals surface area contributed by atoms with Crippen molar-refractivity contribution in [3.8, 4) is 0 Å². The maximum Gasteiger partial charge on any atom is 0.335 e. The van der Waals surface area contributed by atoms with Gasteiger partial charge in [-0.15, -0.1) is 0 Å². The second-order valence-electron chi connectivity index (χ2n) is 3.51. The van der Waals surface area contributed by atoms with E-state index in [0.29, 0.717) is 5.03 Å². The van der Waals surface area contributed by atoms with Crippen molar-refractivity contribution in [2.75, 3.05) is 0 Å². The number of carboxylic acid groups (broad SMARTS) is 1. The molecule has 0 spiro atoms. The highest BCUT2D eigenvalue weighted by Gasteiger charge is 2.17. The molecule has 0 radical (unpaired) electrons. The van der Waals surface area contributed by atoms with Crippen molar-refractivity contribution in [3.05, 3.63) is 58.3 Å². The third-order valence-electron chi connectivity index (χ3n) is 2.26. The van der Waals surface area contributed by atoms with Crippen molar-refractivity contribution in [2.24, 2.45) is 0 Å². The molecule has 6 nitrogen and oxygen atoms in total. The van der Waals surface area contributed by atoms with Crippen LogP contribution in [0.3, 0.4) is 0 Å². The van der Waals surface area contributed by atoms with Crippen LogP contribution in [0.2, 0.25) is 0 Å². The molecule has 1 N–H and O–H groups in total. The molecule has 2 rings (SSSR count). The Hall–Kier alpha value is -2.41. The number of carbonyl (C=O) groups is 1. The second kappa shape index (κ2) is 5.49. The van der Waals surface area contributed by atoms with Crippen LogP contribution in [0.4, 0.5) is 5.69 Å². The first-order chi connectivity index (χ1) is 9.08. The summed E-state index contributed by atoms with van der Waals surface area (Å²) in [5.41, 5.74) is -0.135. The Bertz CT molecular complexity index is 631. The Balaban J connectivity index is 2.43. The fourth-order valence-electron chi connectivity index (χ4n) is 1.40. The van der Waals surface area contributed by atoms with E-state index in [1.165, 1.54) is 18.2 Å². The third kappa shape index (κ3) is 3.08. The summed E-state index contributed by atoms with van der Waals surface area (Å²) >= 11 is 1.06. The second-order valence-corrected chi connectivity index (χ2v) is 4.58. The van der Waals surface area contributed by atoms with Gasteiger partial charge in [-0.1, -0.05) is 17.8 Å². The number of nitro groups is 1. The zero-order valence-electron chi connectivity index (χ0n) is 9.52. The van der Waals surface area contributed by atoms with Crippen LogP contribution in [0.5, 0.6) is 0 Å². The fourth-order valence-corrected chi connectivity index (χ4v) is 2.32. The maximum absolute atomic E-state index is 10.9. The number of hydrogen-bond acceptors (Lipinski definition) is 5. The van der Waals surface area contributed by atoms with Gasteiger partial charge in [0.2, 0.25) is 0 Å². The van der Waals surface area contributed by atoms with E-state index >= 15 is 0 Å². The average molecular weight is 276 g/mol. The molecule has 2 aromatic rings. The van der Waals surface area contributed by atoms with E-state index < -0.39 is 10.9 Å². The van der Waals surface area contributed by atoms with Crippen LogP contribution in [0, 0.1) is 10.1 Å². The predicted octanol–water partition coefficient (Wildman–Crippen LogP) is 2.84. The van der Waals surface area contributed by atoms with Gasteiger partial charge in [0.05, 0.1) is 15.4 Å². The lowest BCUT2D eigenvalue weighted by atomic mass is 10.2. The van der Waals surface area contributed by atoms with Gasteiger partial charge in [0, 0.05) is 12.3 Å². The smallest absolute Gasteiger partial charge is 0.335 e. The average Bonchev–Trinajstić information content (AvgIpc) is 2.39. The summed E-state index contributed by atoms with van der Waals surface area (Å²) in [6, 6.07) is 8.85. The molecule has 0 unspecified atom stereocenters. The molecule has 0 saturated carbocycles. The SMILES string of the molecule is O=C(O)c1ccc([N+](=O)[O-])c(Sc2ccccn2)c1. The Morgan fingerprint density at radius 3 is 2.68 bits per heavy atom. The maximum atomic E-state index is 10.9. The fraction of sp³-hybridized carbons (Fsp3) is 0. The van der Waals surface area contributed by atoms with Gasteiger partial charge in [-0.3, -0.25) is 10.1 Å². The minimum absolute atomic E-state index is 0.00373. The van der Waals surface area contributed by atoms with Crippen LogP contribution in [0.25, 0.3) is 0 Å². The van der Waals surface area contributed by atoms with E-state index in [9.17, 15) is 14.9 Å². The predicted molar refractivity (Wildman–Crippen MR) is 68.4 cm³/mol. The number of rotatable bonds is 4. The molecule has 0 atom stereocenters. The number of pyridine rings is 1. The Kier molecular flexibility index (Phi) is 3.76. The third-order valence-corrected chi connectivity index (χ3v) is 3.25. The van der Waals surface area contributed by atoms with Gasteiger partial charge in [-0.05, 0) is 24.3 Å². The molecule has 19 heavy (non-hydrogen) atoms. The van der Waals surface area contributed by atoms with Gasteiger partial charge in [-0.25, -0.2) is 9.78 Å². The topological polar surface area (TPSA) is 93.3 Å². The molecule has 7 heteroatoms. The first-order valence-electron chi connectivity index (χ1n) is 5.18. The molecular weight excluding hydrogens is 268 g/mol. The van der Waals surface area contributed by atoms with Crippen molar-refractivity contribution in [3.63, 3.8) is 0 Å². The van der Waals surface area contributed by atoms with Gasteiger partial charge in [-0.2, -0.15) is 0 Å². The zero-order chi connectivity index (χ0) is 13.8. The van der Waals surface area contributed by atoms with Crippen molar-refractivity contribution in [2.45, 2.75) is 9.92 Å². The molecule has 96 valence electrons. The summed E-state index contributed by atoms with van der Waals surface area (Å²) < 4.78 is 0. The molecule has 0 aliphatic rings. The number of aromatic carboxylic acids is 1. The standard InChI is InChI=1S/C12H8N2O4S/c15-12(16)8-4-5-9(14(17)18)10(7-8)19-11-3-1-2-6-13-11/h1-7H,(H,15,16). The summed E-state index contributed by atoms with van der Waals surface area (Å²) in [7, 11) is 0. The number of benzene rings is 1. The van der Waals surface area contributed by atoms with Gasteiger partial charge in [0.15, 0.2) is 0 Å². The Morgan fingerprint density at radius 1 is 1.32 bits per heavy atom. The van der Waals surface area contributed by atoms with Gasteiger partial charge >= 0.3 is 5.97 Å². The van der Waals surface area contributed by atoms with Crippen LogP contribution in [-0.2, 0) is 0 Å². The highest BCUT2D eigenvalue weighted by Crippen LogP contribution is 2.34. The molecular formula is C12H8N2O4S. The number of hydrogen-bond donors (Lipinski definition) is 1. The van der Waals surface area contributed by atoms with Gasteiger partial charge in [0.1, 0.15) is 5.03 Å². The lowest BCUT2D eigenvalue weighted by Crippen LogP contribution is -1.98. The van der Waals surface area contributed by atoms with Crippen LogP contribution >= 0.6 is 11.8 Å². The highest BCUT2D eigenvalue weighted by molar-refractivity contribution is 7.99. The van der Waals surface area contributed by atoms with E-state index in [1.54, 1.807) is 24.4 Å². The first-order valence-corrected chi connectivity index (χ1v) is 6.00. The van der Waals surface area contributed by atoms with E-state index in [2.05, 4.69) is 4.98 Å². The van der Waals surface area contributed by atoms with E-state index in [0.717, 1.165) is 11.8 Å². The minimum atomic E-state index is -1.13. The Morgan fingerprint density at radius 2 is 2.11 bits per heavy atom. The van der Waals surface area contributed by atoms with Crippen LogP contribution in [-0.4, -0.2) is 21.0 Å². The molecule has 0 bridgehead atoms. The lowest BCUT2D eigenvalue weighted by Gasteiger charge is -2.03.